The number of rotatable bonds is 4. The quantitative estimate of drug-likeness (QED) is 0.700. The minimum Gasteiger partial charge on any atom is -0.365 e. The lowest BCUT2D eigenvalue weighted by atomic mass is 9.72. The molecule has 1 heterocycles. The molecule has 0 saturated heterocycles. The van der Waals surface area contributed by atoms with Gasteiger partial charge in [0.2, 0.25) is 5.91 Å². The monoisotopic (exact) mass is 413 g/mol. The Morgan fingerprint density at radius 3 is 2.52 bits per heavy atom. The number of carbonyl (C=O) groups is 3. The Kier molecular flexibility index (Phi) is 5.80. The molecule has 6 nitrogen and oxygen atoms in total. The third-order valence-electron chi connectivity index (χ3n) is 5.41. The van der Waals surface area contributed by atoms with Crippen molar-refractivity contribution >= 4 is 39.7 Å². The summed E-state index contributed by atoms with van der Waals surface area (Å²) in [6.07, 6.45) is 2.68. The van der Waals surface area contributed by atoms with Gasteiger partial charge >= 0.3 is 0 Å². The molecule has 1 aliphatic rings. The van der Waals surface area contributed by atoms with Gasteiger partial charge in [0, 0.05) is 23.1 Å². The van der Waals surface area contributed by atoms with Crippen LogP contribution in [0, 0.1) is 11.3 Å². The van der Waals surface area contributed by atoms with E-state index in [9.17, 15) is 14.4 Å². The fourth-order valence-electron chi connectivity index (χ4n) is 3.79. The Balaban J connectivity index is 1.88. The van der Waals surface area contributed by atoms with Gasteiger partial charge in [0.1, 0.15) is 5.00 Å². The molecule has 1 unspecified atom stereocenters. The molecule has 0 saturated carbocycles. The largest absolute Gasteiger partial charge is 0.365 e. The predicted molar refractivity (Wildman–Crippen MR) is 117 cm³/mol. The summed E-state index contributed by atoms with van der Waals surface area (Å²) >= 11 is 1.45. The molecule has 4 N–H and O–H groups in total. The Morgan fingerprint density at radius 2 is 1.90 bits per heavy atom. The number of hydrogen-bond donors (Lipinski definition) is 3. The van der Waals surface area contributed by atoms with Gasteiger partial charge in [-0.1, -0.05) is 26.8 Å². The number of anilines is 2. The topological polar surface area (TPSA) is 101 Å². The second kappa shape index (κ2) is 7.99. The Bertz CT molecular complexity index is 972. The summed E-state index contributed by atoms with van der Waals surface area (Å²) in [5, 5.41) is 6.03. The van der Waals surface area contributed by atoms with E-state index in [1.165, 1.54) is 18.3 Å². The number of nitrogens with two attached hydrogens (primary N) is 1. The first-order valence-corrected chi connectivity index (χ1v) is 10.5. The molecule has 0 bridgehead atoms. The minimum atomic E-state index is -0.515. The zero-order valence-corrected chi connectivity index (χ0v) is 18.0. The lowest BCUT2D eigenvalue weighted by molar-refractivity contribution is -0.114. The van der Waals surface area contributed by atoms with Crippen LogP contribution in [0.1, 0.15) is 65.3 Å². The molecule has 0 spiro atoms. The third-order valence-corrected chi connectivity index (χ3v) is 6.58. The number of amides is 3. The molecule has 3 rings (SSSR count). The number of thiophene rings is 1. The van der Waals surface area contributed by atoms with Crippen LogP contribution in [0.2, 0.25) is 0 Å². The standard InChI is InChI=1S/C22H27N3O3S/c1-12(26)24-15-7-5-6-13(10-15)20(28)25-21-18(19(23)27)16-9-8-14(22(2,3)4)11-17(16)29-21/h5-7,10,14H,8-9,11H2,1-4H3,(H2,23,27)(H,24,26)(H,25,28). The number of hydrogen-bond acceptors (Lipinski definition) is 4. The summed E-state index contributed by atoms with van der Waals surface area (Å²) < 4.78 is 0. The fourth-order valence-corrected chi connectivity index (χ4v) is 5.12. The average Bonchev–Trinajstić information content (AvgIpc) is 2.97. The number of fused-ring (bicyclic) bond motifs is 1. The van der Waals surface area contributed by atoms with E-state index in [1.807, 2.05) is 0 Å². The Morgan fingerprint density at radius 1 is 1.17 bits per heavy atom. The Hall–Kier alpha value is -2.67. The first kappa shape index (κ1) is 21.0. The average molecular weight is 414 g/mol. The van der Waals surface area contributed by atoms with Crippen molar-refractivity contribution in [3.63, 3.8) is 0 Å². The molecule has 1 aromatic carbocycles. The number of benzene rings is 1. The van der Waals surface area contributed by atoms with Crippen molar-refractivity contribution in [1.29, 1.82) is 0 Å². The zero-order valence-electron chi connectivity index (χ0n) is 17.2. The highest BCUT2D eigenvalue weighted by molar-refractivity contribution is 7.17. The van der Waals surface area contributed by atoms with Crippen molar-refractivity contribution in [3.05, 3.63) is 45.8 Å². The first-order valence-electron chi connectivity index (χ1n) is 9.69. The minimum absolute atomic E-state index is 0.183. The fraction of sp³-hybridized carbons (Fsp3) is 0.409. The van der Waals surface area contributed by atoms with Crippen molar-refractivity contribution in [3.8, 4) is 0 Å². The summed E-state index contributed by atoms with van der Waals surface area (Å²) in [5.74, 6) is -0.546. The van der Waals surface area contributed by atoms with E-state index in [4.69, 9.17) is 5.73 Å². The SMILES string of the molecule is CC(=O)Nc1cccc(C(=O)Nc2sc3c(c2C(N)=O)CCC(C(C)(C)C)C3)c1. The molecule has 1 atom stereocenters. The normalized spacial score (nSPS) is 16.1. The van der Waals surface area contributed by atoms with Crippen LogP contribution in [-0.2, 0) is 17.6 Å². The summed E-state index contributed by atoms with van der Waals surface area (Å²) in [7, 11) is 0. The molecule has 2 aromatic rings. The van der Waals surface area contributed by atoms with Gasteiger partial charge in [-0.3, -0.25) is 14.4 Å². The maximum atomic E-state index is 12.8. The number of nitrogens with one attached hydrogen (secondary N) is 2. The number of carbonyl (C=O) groups excluding carboxylic acids is 3. The molecular formula is C22H27N3O3S. The second-order valence-corrected chi connectivity index (χ2v) is 9.70. The molecule has 29 heavy (non-hydrogen) atoms. The van der Waals surface area contributed by atoms with Crippen molar-refractivity contribution < 1.29 is 14.4 Å². The summed E-state index contributed by atoms with van der Waals surface area (Å²) in [5.41, 5.74) is 8.19. The van der Waals surface area contributed by atoms with Gasteiger partial charge in [0.25, 0.3) is 11.8 Å². The molecule has 1 aromatic heterocycles. The van der Waals surface area contributed by atoms with E-state index in [0.29, 0.717) is 27.7 Å². The Labute approximate surface area is 174 Å². The predicted octanol–water partition coefficient (Wildman–Crippen LogP) is 4.21. The van der Waals surface area contributed by atoms with Crippen LogP contribution in [0.25, 0.3) is 0 Å². The lowest BCUT2D eigenvalue weighted by Crippen LogP contribution is -2.27. The molecule has 3 amide bonds. The van der Waals surface area contributed by atoms with Crippen LogP contribution in [0.4, 0.5) is 10.7 Å². The van der Waals surface area contributed by atoms with Gasteiger partial charge in [-0.25, -0.2) is 0 Å². The maximum Gasteiger partial charge on any atom is 0.256 e. The van der Waals surface area contributed by atoms with E-state index in [2.05, 4.69) is 31.4 Å². The van der Waals surface area contributed by atoms with E-state index < -0.39 is 5.91 Å². The highest BCUT2D eigenvalue weighted by Crippen LogP contribution is 2.44. The van der Waals surface area contributed by atoms with Gasteiger partial charge in [0.15, 0.2) is 0 Å². The molecule has 154 valence electrons. The van der Waals surface area contributed by atoms with Gasteiger partial charge in [-0.2, -0.15) is 0 Å². The molecular weight excluding hydrogens is 386 g/mol. The van der Waals surface area contributed by atoms with E-state index >= 15 is 0 Å². The zero-order chi connectivity index (χ0) is 21.3. The smallest absolute Gasteiger partial charge is 0.256 e. The summed E-state index contributed by atoms with van der Waals surface area (Å²) in [6, 6.07) is 6.67. The molecule has 1 aliphatic carbocycles. The van der Waals surface area contributed by atoms with E-state index in [-0.39, 0.29) is 17.2 Å². The summed E-state index contributed by atoms with van der Waals surface area (Å²) in [6.45, 7) is 8.11. The lowest BCUT2D eigenvalue weighted by Gasteiger charge is -2.33. The van der Waals surface area contributed by atoms with Crippen LogP contribution in [0.3, 0.4) is 0 Å². The van der Waals surface area contributed by atoms with Gasteiger partial charge in [0.05, 0.1) is 5.56 Å². The number of primary amides is 1. The van der Waals surface area contributed by atoms with Crippen molar-refractivity contribution in [2.45, 2.75) is 47.0 Å². The van der Waals surface area contributed by atoms with Crippen molar-refractivity contribution in [2.24, 2.45) is 17.1 Å². The van der Waals surface area contributed by atoms with Gasteiger partial charge in [-0.05, 0) is 54.4 Å². The van der Waals surface area contributed by atoms with Crippen LogP contribution < -0.4 is 16.4 Å². The maximum absolute atomic E-state index is 12.8. The van der Waals surface area contributed by atoms with Gasteiger partial charge < -0.3 is 16.4 Å². The highest BCUT2D eigenvalue weighted by atomic mass is 32.1. The molecule has 0 aliphatic heterocycles. The molecule has 0 radical (unpaired) electrons. The van der Waals surface area contributed by atoms with E-state index in [1.54, 1.807) is 24.3 Å². The van der Waals surface area contributed by atoms with Crippen LogP contribution in [0.5, 0.6) is 0 Å². The van der Waals surface area contributed by atoms with Crippen molar-refractivity contribution in [2.75, 3.05) is 10.6 Å². The molecule has 7 heteroatoms. The van der Waals surface area contributed by atoms with Crippen molar-refractivity contribution in [1.82, 2.24) is 0 Å². The van der Waals surface area contributed by atoms with Crippen LogP contribution in [0.15, 0.2) is 24.3 Å². The summed E-state index contributed by atoms with van der Waals surface area (Å²) in [4.78, 5) is 37.3. The highest BCUT2D eigenvalue weighted by Gasteiger charge is 2.33. The van der Waals surface area contributed by atoms with Crippen LogP contribution >= 0.6 is 11.3 Å². The third kappa shape index (κ3) is 4.67. The second-order valence-electron chi connectivity index (χ2n) is 8.59. The molecule has 0 fully saturated rings. The first-order chi connectivity index (χ1) is 13.6. The van der Waals surface area contributed by atoms with Gasteiger partial charge in [-0.15, -0.1) is 11.3 Å². The van der Waals surface area contributed by atoms with E-state index in [0.717, 1.165) is 29.7 Å². The van der Waals surface area contributed by atoms with Crippen LogP contribution in [-0.4, -0.2) is 17.7 Å².